The van der Waals surface area contributed by atoms with E-state index in [4.69, 9.17) is 23.7 Å². The van der Waals surface area contributed by atoms with Gasteiger partial charge in [-0.15, -0.1) is 0 Å². The number of hydrogen-bond donors (Lipinski definition) is 0. The molecule has 2 rings (SSSR count). The molecule has 1 heterocycles. The first-order valence-electron chi connectivity index (χ1n) is 10.7. The molecular weight excluding hydrogens is 434 g/mol. The third kappa shape index (κ3) is 8.28. The number of fused-ring (bicyclic) bond motifs is 1. The Morgan fingerprint density at radius 2 is 1.64 bits per heavy atom. The molecule has 0 N–H and O–H groups in total. The van der Waals surface area contributed by atoms with Gasteiger partial charge < -0.3 is 28.6 Å². The Hall–Kier alpha value is -3.30. The first-order valence-corrected chi connectivity index (χ1v) is 10.7. The summed E-state index contributed by atoms with van der Waals surface area (Å²) < 4.78 is 25.5. The molecule has 10 heteroatoms. The number of ether oxygens (including phenoxy) is 5. The summed E-state index contributed by atoms with van der Waals surface area (Å²) in [6, 6.07) is 3.97. The molecule has 1 aromatic rings. The minimum absolute atomic E-state index is 0.0786. The maximum absolute atomic E-state index is 12.7. The highest BCUT2D eigenvalue weighted by Crippen LogP contribution is 2.33. The second kappa shape index (κ2) is 11.5. The molecule has 0 saturated heterocycles. The summed E-state index contributed by atoms with van der Waals surface area (Å²) in [6.45, 7) is 6.44. The standard InChI is InChI=1S/C23H31NO9/c1-15(21(27)16-10-11-17-18(12-16)30-13-29-17)24(5)22(28)32-14-31-19(25)8-6-7-9-20(26)33-23(2,3)4/h10-12,15H,6-9,13-14H2,1-5H3. The zero-order valence-electron chi connectivity index (χ0n) is 19.7. The number of unbranched alkanes of at least 4 members (excludes halogenated alkanes) is 1. The summed E-state index contributed by atoms with van der Waals surface area (Å²) in [5.74, 6) is -0.166. The van der Waals surface area contributed by atoms with E-state index in [1.807, 2.05) is 0 Å². The maximum Gasteiger partial charge on any atom is 0.413 e. The number of ketones is 1. The first-order chi connectivity index (χ1) is 15.5. The minimum Gasteiger partial charge on any atom is -0.460 e. The Morgan fingerprint density at radius 1 is 1.00 bits per heavy atom. The first kappa shape index (κ1) is 26.0. The molecule has 0 radical (unpaired) electrons. The van der Waals surface area contributed by atoms with Crippen molar-refractivity contribution in [1.29, 1.82) is 0 Å². The highest BCUT2D eigenvalue weighted by molar-refractivity contribution is 6.01. The van der Waals surface area contributed by atoms with Crippen LogP contribution < -0.4 is 9.47 Å². The number of Topliss-reactive ketones (excluding diaryl/α,β-unsaturated/α-hetero) is 1. The van der Waals surface area contributed by atoms with Crippen molar-refractivity contribution >= 4 is 23.8 Å². The van der Waals surface area contributed by atoms with E-state index in [1.54, 1.807) is 45.9 Å². The van der Waals surface area contributed by atoms with Crippen LogP contribution >= 0.6 is 0 Å². The summed E-state index contributed by atoms with van der Waals surface area (Å²) in [5, 5.41) is 0. The number of benzene rings is 1. The number of nitrogens with zero attached hydrogens (tertiary/aromatic N) is 1. The Morgan fingerprint density at radius 3 is 2.30 bits per heavy atom. The van der Waals surface area contributed by atoms with Crippen molar-refractivity contribution in [3.8, 4) is 11.5 Å². The lowest BCUT2D eigenvalue weighted by molar-refractivity contribution is -0.156. The number of rotatable bonds is 10. The predicted molar refractivity (Wildman–Crippen MR) is 116 cm³/mol. The highest BCUT2D eigenvalue weighted by atomic mass is 16.7. The van der Waals surface area contributed by atoms with E-state index in [0.29, 0.717) is 29.9 Å². The smallest absolute Gasteiger partial charge is 0.413 e. The van der Waals surface area contributed by atoms with E-state index in [2.05, 4.69) is 0 Å². The maximum atomic E-state index is 12.7. The van der Waals surface area contributed by atoms with Gasteiger partial charge in [0.15, 0.2) is 17.3 Å². The van der Waals surface area contributed by atoms with E-state index in [9.17, 15) is 19.2 Å². The van der Waals surface area contributed by atoms with E-state index >= 15 is 0 Å². The van der Waals surface area contributed by atoms with Crippen LogP contribution in [0.1, 0.15) is 63.7 Å². The molecule has 1 amide bonds. The number of hydrogen-bond acceptors (Lipinski definition) is 9. The van der Waals surface area contributed by atoms with Gasteiger partial charge in [-0.1, -0.05) is 0 Å². The number of esters is 2. The number of likely N-dealkylation sites (N-methyl/N-ethyl adjacent to an activating group) is 1. The third-order valence-electron chi connectivity index (χ3n) is 4.74. The average Bonchev–Trinajstić information content (AvgIpc) is 3.21. The molecule has 1 aromatic carbocycles. The van der Waals surface area contributed by atoms with Crippen molar-refractivity contribution in [1.82, 2.24) is 4.90 Å². The molecule has 0 bridgehead atoms. The highest BCUT2D eigenvalue weighted by Gasteiger charge is 2.26. The van der Waals surface area contributed by atoms with Crippen molar-refractivity contribution in [2.75, 3.05) is 20.6 Å². The SMILES string of the molecule is CC(C(=O)c1ccc2c(c1)OCO2)N(C)C(=O)OCOC(=O)CCCCC(=O)OC(C)(C)C. The van der Waals surface area contributed by atoms with Crippen LogP contribution in [0, 0.1) is 0 Å². The summed E-state index contributed by atoms with van der Waals surface area (Å²) in [5.41, 5.74) is -0.177. The second-order valence-electron chi connectivity index (χ2n) is 8.56. The molecule has 1 aliphatic rings. The zero-order chi connectivity index (χ0) is 24.6. The Kier molecular flexibility index (Phi) is 9.07. The summed E-state index contributed by atoms with van der Waals surface area (Å²) in [6.07, 6.45) is 0.391. The van der Waals surface area contributed by atoms with Gasteiger partial charge in [0.1, 0.15) is 5.60 Å². The molecule has 1 aliphatic heterocycles. The van der Waals surface area contributed by atoms with Gasteiger partial charge in [0.25, 0.3) is 0 Å². The van der Waals surface area contributed by atoms with Crippen molar-refractivity contribution < 1.29 is 42.9 Å². The van der Waals surface area contributed by atoms with Crippen molar-refractivity contribution in [2.24, 2.45) is 0 Å². The molecule has 1 unspecified atom stereocenters. The Balaban J connectivity index is 1.67. The summed E-state index contributed by atoms with van der Waals surface area (Å²) in [7, 11) is 1.41. The number of carbonyl (C=O) groups is 4. The molecule has 33 heavy (non-hydrogen) atoms. The van der Waals surface area contributed by atoms with E-state index < -0.39 is 30.5 Å². The molecule has 0 saturated carbocycles. The number of amides is 1. The van der Waals surface area contributed by atoms with Crippen LogP contribution in [-0.4, -0.2) is 61.0 Å². The van der Waals surface area contributed by atoms with Crippen LogP contribution in [0.3, 0.4) is 0 Å². The fourth-order valence-electron chi connectivity index (χ4n) is 2.88. The quantitative estimate of drug-likeness (QED) is 0.221. The Labute approximate surface area is 193 Å². The van der Waals surface area contributed by atoms with Gasteiger partial charge in [0, 0.05) is 25.5 Å². The van der Waals surface area contributed by atoms with Crippen molar-refractivity contribution in [3.63, 3.8) is 0 Å². The van der Waals surface area contributed by atoms with Crippen LogP contribution in [0.5, 0.6) is 11.5 Å². The lowest BCUT2D eigenvalue weighted by atomic mass is 10.0. The fourth-order valence-corrected chi connectivity index (χ4v) is 2.88. The van der Waals surface area contributed by atoms with Gasteiger partial charge in [0.2, 0.25) is 13.6 Å². The van der Waals surface area contributed by atoms with Gasteiger partial charge in [-0.05, 0) is 58.7 Å². The minimum atomic E-state index is -0.818. The third-order valence-corrected chi connectivity index (χ3v) is 4.74. The van der Waals surface area contributed by atoms with Crippen LogP contribution in [0.2, 0.25) is 0 Å². The number of carbonyl (C=O) groups excluding carboxylic acids is 4. The second-order valence-corrected chi connectivity index (χ2v) is 8.56. The lowest BCUT2D eigenvalue weighted by Gasteiger charge is -2.23. The van der Waals surface area contributed by atoms with Gasteiger partial charge in [-0.3, -0.25) is 14.4 Å². The van der Waals surface area contributed by atoms with Crippen molar-refractivity contribution in [3.05, 3.63) is 23.8 Å². The summed E-state index contributed by atoms with van der Waals surface area (Å²) >= 11 is 0. The molecule has 182 valence electrons. The van der Waals surface area contributed by atoms with E-state index in [0.717, 1.165) is 4.90 Å². The average molecular weight is 465 g/mol. The van der Waals surface area contributed by atoms with Crippen LogP contribution in [0.4, 0.5) is 4.79 Å². The Bertz CT molecular complexity index is 875. The lowest BCUT2D eigenvalue weighted by Crippen LogP contribution is -2.41. The molecule has 0 spiro atoms. The van der Waals surface area contributed by atoms with Crippen LogP contribution in [0.15, 0.2) is 18.2 Å². The monoisotopic (exact) mass is 465 g/mol. The molecule has 1 atom stereocenters. The topological polar surface area (TPSA) is 118 Å². The van der Waals surface area contributed by atoms with Gasteiger partial charge >= 0.3 is 18.0 Å². The van der Waals surface area contributed by atoms with Gasteiger partial charge in [-0.25, -0.2) is 4.79 Å². The molecular formula is C23H31NO9. The normalized spacial score (nSPS) is 13.1. The zero-order valence-corrected chi connectivity index (χ0v) is 19.7. The van der Waals surface area contributed by atoms with E-state index in [1.165, 1.54) is 7.05 Å². The molecule has 0 aromatic heterocycles. The van der Waals surface area contributed by atoms with Crippen molar-refractivity contribution in [2.45, 2.75) is 65.0 Å². The van der Waals surface area contributed by atoms with Gasteiger partial charge in [-0.2, -0.15) is 0 Å². The molecule has 0 aliphatic carbocycles. The van der Waals surface area contributed by atoms with Gasteiger partial charge in [0.05, 0.1) is 6.04 Å². The fraction of sp³-hybridized carbons (Fsp3) is 0.565. The van der Waals surface area contributed by atoms with Crippen LogP contribution in [0.25, 0.3) is 0 Å². The predicted octanol–water partition coefficient (Wildman–Crippen LogP) is 3.46. The molecule has 10 nitrogen and oxygen atoms in total. The van der Waals surface area contributed by atoms with Crippen LogP contribution in [-0.2, 0) is 23.8 Å². The largest absolute Gasteiger partial charge is 0.460 e. The molecule has 0 fully saturated rings. The van der Waals surface area contributed by atoms with E-state index in [-0.39, 0.29) is 31.4 Å². The summed E-state index contributed by atoms with van der Waals surface area (Å²) in [4.78, 5) is 49.4.